The van der Waals surface area contributed by atoms with E-state index in [0.717, 1.165) is 31.1 Å². The predicted octanol–water partition coefficient (Wildman–Crippen LogP) is 2.72. The Hall–Kier alpha value is -2.28. The monoisotopic (exact) mass is 356 g/mol. The van der Waals surface area contributed by atoms with E-state index in [1.54, 1.807) is 12.3 Å². The maximum Gasteiger partial charge on any atom is 0.256 e. The molecule has 0 spiro atoms. The summed E-state index contributed by atoms with van der Waals surface area (Å²) in [5.74, 6) is 1.90. The Morgan fingerprint density at radius 2 is 2.27 bits per heavy atom. The van der Waals surface area contributed by atoms with Gasteiger partial charge < -0.3 is 14.2 Å². The van der Waals surface area contributed by atoms with Gasteiger partial charge in [-0.25, -0.2) is 0 Å². The third-order valence-corrected chi connectivity index (χ3v) is 5.04. The first-order valence-corrected chi connectivity index (χ1v) is 9.35. The number of carbonyl (C=O) groups excluding carboxylic acids is 1. The lowest BCUT2D eigenvalue weighted by Gasteiger charge is -2.22. The second-order valence-corrected chi connectivity index (χ2v) is 7.11. The van der Waals surface area contributed by atoms with Crippen LogP contribution in [-0.2, 0) is 11.2 Å². The molecular weight excluding hydrogens is 332 g/mol. The number of rotatable bonds is 7. The number of pyridine rings is 1. The van der Waals surface area contributed by atoms with Crippen molar-refractivity contribution in [3.8, 4) is 0 Å². The van der Waals surface area contributed by atoms with Crippen molar-refractivity contribution >= 4 is 5.91 Å². The van der Waals surface area contributed by atoms with Crippen LogP contribution in [-0.4, -0.2) is 45.7 Å². The molecule has 1 saturated carbocycles. The zero-order valence-electron chi connectivity index (χ0n) is 15.1. The molecule has 2 aromatic rings. The van der Waals surface area contributed by atoms with Crippen LogP contribution in [0.15, 0.2) is 22.9 Å². The quantitative estimate of drug-likeness (QED) is 0.710. The highest BCUT2D eigenvalue weighted by molar-refractivity contribution is 5.95. The summed E-state index contributed by atoms with van der Waals surface area (Å²) in [4.78, 5) is 23.5. The van der Waals surface area contributed by atoms with Crippen LogP contribution >= 0.6 is 0 Å². The van der Waals surface area contributed by atoms with E-state index in [2.05, 4.69) is 15.1 Å². The van der Waals surface area contributed by atoms with Crippen LogP contribution in [0.2, 0.25) is 0 Å². The van der Waals surface area contributed by atoms with Gasteiger partial charge >= 0.3 is 0 Å². The van der Waals surface area contributed by atoms with Crippen molar-refractivity contribution in [3.05, 3.63) is 41.3 Å². The zero-order valence-corrected chi connectivity index (χ0v) is 15.1. The molecule has 2 aromatic heterocycles. The molecule has 4 rings (SSSR count). The zero-order chi connectivity index (χ0) is 17.9. The number of aromatic nitrogens is 3. The molecule has 3 heterocycles. The Morgan fingerprint density at radius 1 is 1.38 bits per heavy atom. The first-order valence-electron chi connectivity index (χ1n) is 9.35. The number of aryl methyl sites for hydroxylation is 1. The molecule has 7 nitrogen and oxygen atoms in total. The first kappa shape index (κ1) is 17.1. The molecule has 1 aliphatic carbocycles. The predicted molar refractivity (Wildman–Crippen MR) is 93.5 cm³/mol. The molecule has 1 saturated heterocycles. The highest BCUT2D eigenvalue weighted by atomic mass is 16.5. The molecule has 2 aliphatic rings. The molecule has 7 heteroatoms. The van der Waals surface area contributed by atoms with Crippen LogP contribution in [0.5, 0.6) is 0 Å². The van der Waals surface area contributed by atoms with Crippen LogP contribution in [0.4, 0.5) is 0 Å². The second kappa shape index (κ2) is 7.53. The molecular formula is C19H24N4O3. The largest absolute Gasteiger partial charge is 0.381 e. The molecule has 1 amide bonds. The Labute approximate surface area is 152 Å². The summed E-state index contributed by atoms with van der Waals surface area (Å²) >= 11 is 0. The second-order valence-electron chi connectivity index (χ2n) is 7.11. The minimum absolute atomic E-state index is 0.0226. The number of carbonyl (C=O) groups is 1. The van der Waals surface area contributed by atoms with Gasteiger partial charge in [0.2, 0.25) is 5.89 Å². The van der Waals surface area contributed by atoms with Crippen molar-refractivity contribution in [1.29, 1.82) is 0 Å². The number of hydrogen-bond acceptors (Lipinski definition) is 6. The summed E-state index contributed by atoms with van der Waals surface area (Å²) in [6.07, 6.45) is 6.67. The molecule has 26 heavy (non-hydrogen) atoms. The van der Waals surface area contributed by atoms with Crippen molar-refractivity contribution < 1.29 is 14.1 Å². The molecule has 2 fully saturated rings. The van der Waals surface area contributed by atoms with Gasteiger partial charge in [-0.15, -0.1) is 0 Å². The van der Waals surface area contributed by atoms with E-state index in [1.165, 1.54) is 12.8 Å². The standard InChI is InChI=1S/C19H24N4O3/c1-13-15(4-2-9-20-13)19(24)23-10-3-5-16(23)18-21-17(22-26-18)8-11-25-12-14-6-7-14/h2,4,9,14,16H,3,5-8,10-12H2,1H3. The lowest BCUT2D eigenvalue weighted by Crippen LogP contribution is -2.31. The van der Waals surface area contributed by atoms with E-state index in [0.29, 0.717) is 36.9 Å². The van der Waals surface area contributed by atoms with Gasteiger partial charge in [0.1, 0.15) is 6.04 Å². The van der Waals surface area contributed by atoms with Gasteiger partial charge in [-0.3, -0.25) is 9.78 Å². The molecule has 0 aromatic carbocycles. The number of ether oxygens (including phenoxy) is 1. The molecule has 0 radical (unpaired) electrons. The molecule has 1 aliphatic heterocycles. The van der Waals surface area contributed by atoms with Crippen LogP contribution < -0.4 is 0 Å². The van der Waals surface area contributed by atoms with E-state index in [4.69, 9.17) is 9.26 Å². The average Bonchev–Trinajstić information content (AvgIpc) is 3.15. The summed E-state index contributed by atoms with van der Waals surface area (Å²) < 4.78 is 11.1. The molecule has 138 valence electrons. The van der Waals surface area contributed by atoms with Gasteiger partial charge in [-0.2, -0.15) is 4.98 Å². The maximum absolute atomic E-state index is 12.9. The lowest BCUT2D eigenvalue weighted by molar-refractivity contribution is 0.0709. The van der Waals surface area contributed by atoms with Gasteiger partial charge in [0, 0.05) is 31.5 Å². The number of amides is 1. The van der Waals surface area contributed by atoms with Crippen LogP contribution in [0, 0.1) is 12.8 Å². The van der Waals surface area contributed by atoms with Gasteiger partial charge in [0.25, 0.3) is 5.91 Å². The Kier molecular flexibility index (Phi) is 4.97. The lowest BCUT2D eigenvalue weighted by atomic mass is 10.1. The number of likely N-dealkylation sites (tertiary alicyclic amines) is 1. The topological polar surface area (TPSA) is 81.4 Å². The Balaban J connectivity index is 1.40. The van der Waals surface area contributed by atoms with Crippen molar-refractivity contribution in [2.75, 3.05) is 19.8 Å². The number of hydrogen-bond donors (Lipinski definition) is 0. The minimum atomic E-state index is -0.157. The van der Waals surface area contributed by atoms with Crippen molar-refractivity contribution in [3.63, 3.8) is 0 Å². The van der Waals surface area contributed by atoms with E-state index in [1.807, 2.05) is 17.9 Å². The fourth-order valence-corrected chi connectivity index (χ4v) is 3.33. The van der Waals surface area contributed by atoms with Crippen LogP contribution in [0.1, 0.15) is 59.5 Å². The summed E-state index contributed by atoms with van der Waals surface area (Å²) in [6.45, 7) is 3.99. The van der Waals surface area contributed by atoms with E-state index in [-0.39, 0.29) is 11.9 Å². The third-order valence-electron chi connectivity index (χ3n) is 5.04. The summed E-state index contributed by atoms with van der Waals surface area (Å²) in [7, 11) is 0. The molecule has 0 N–H and O–H groups in total. The highest BCUT2D eigenvalue weighted by Gasteiger charge is 2.35. The van der Waals surface area contributed by atoms with E-state index in [9.17, 15) is 4.79 Å². The summed E-state index contributed by atoms with van der Waals surface area (Å²) in [6, 6.07) is 3.45. The molecule has 1 atom stereocenters. The fraction of sp³-hybridized carbons (Fsp3) is 0.579. The fourth-order valence-electron chi connectivity index (χ4n) is 3.33. The normalized spacial score (nSPS) is 19.9. The van der Waals surface area contributed by atoms with Crippen molar-refractivity contribution in [2.45, 2.75) is 45.1 Å². The van der Waals surface area contributed by atoms with Crippen molar-refractivity contribution in [1.82, 2.24) is 20.0 Å². The van der Waals surface area contributed by atoms with Crippen molar-refractivity contribution in [2.24, 2.45) is 5.92 Å². The minimum Gasteiger partial charge on any atom is -0.381 e. The van der Waals surface area contributed by atoms with Gasteiger partial charge in [-0.05, 0) is 50.7 Å². The summed E-state index contributed by atoms with van der Waals surface area (Å²) in [5.41, 5.74) is 1.37. The van der Waals surface area contributed by atoms with Gasteiger partial charge in [0.15, 0.2) is 5.82 Å². The van der Waals surface area contributed by atoms with Gasteiger partial charge in [-0.1, -0.05) is 5.16 Å². The number of nitrogens with zero attached hydrogens (tertiary/aromatic N) is 4. The first-order chi connectivity index (χ1) is 12.7. The third kappa shape index (κ3) is 3.77. The van der Waals surface area contributed by atoms with Crippen LogP contribution in [0.25, 0.3) is 0 Å². The van der Waals surface area contributed by atoms with Gasteiger partial charge in [0.05, 0.1) is 12.2 Å². The van der Waals surface area contributed by atoms with E-state index < -0.39 is 0 Å². The van der Waals surface area contributed by atoms with Crippen LogP contribution in [0.3, 0.4) is 0 Å². The maximum atomic E-state index is 12.9. The molecule has 1 unspecified atom stereocenters. The summed E-state index contributed by atoms with van der Waals surface area (Å²) in [5, 5.41) is 4.06. The SMILES string of the molecule is Cc1ncccc1C(=O)N1CCCC1c1nc(CCOCC2CC2)no1. The Morgan fingerprint density at radius 3 is 3.08 bits per heavy atom. The Bertz CT molecular complexity index is 772. The average molecular weight is 356 g/mol. The highest BCUT2D eigenvalue weighted by Crippen LogP contribution is 2.32. The molecule has 0 bridgehead atoms. The van der Waals surface area contributed by atoms with E-state index >= 15 is 0 Å². The smallest absolute Gasteiger partial charge is 0.256 e.